The molecule has 0 N–H and O–H groups in total. The Balaban J connectivity index is 1.48. The van der Waals surface area contributed by atoms with Gasteiger partial charge >= 0.3 is 0 Å². The summed E-state index contributed by atoms with van der Waals surface area (Å²) in [6, 6.07) is 15.3. The molecule has 2 heterocycles. The number of carbonyl (C=O) groups is 1. The minimum atomic E-state index is -0.382. The van der Waals surface area contributed by atoms with Crippen LogP contribution in [0.25, 0.3) is 0 Å². The zero-order valence-corrected chi connectivity index (χ0v) is 15.4. The van der Waals surface area contributed by atoms with Crippen molar-refractivity contribution in [3.05, 3.63) is 95.4 Å². The lowest BCUT2D eigenvalue weighted by atomic mass is 10.0. The van der Waals surface area contributed by atoms with E-state index in [0.717, 1.165) is 5.56 Å². The normalized spacial score (nSPS) is 15.7. The highest BCUT2D eigenvalue weighted by molar-refractivity contribution is 6.01. The van der Waals surface area contributed by atoms with E-state index >= 15 is 0 Å². The molecular weight excluding hydrogens is 378 g/mol. The average molecular weight is 396 g/mol. The monoisotopic (exact) mass is 396 g/mol. The number of hydrogen-bond donors (Lipinski definition) is 0. The van der Waals surface area contributed by atoms with Crippen LogP contribution in [0.3, 0.4) is 0 Å². The van der Waals surface area contributed by atoms with Crippen molar-refractivity contribution >= 4 is 11.6 Å². The van der Waals surface area contributed by atoms with Gasteiger partial charge in [0.15, 0.2) is 11.9 Å². The molecule has 3 aromatic rings. The fourth-order valence-corrected chi connectivity index (χ4v) is 3.20. The van der Waals surface area contributed by atoms with Crippen LogP contribution in [0.2, 0.25) is 0 Å². The number of halogens is 2. The molecule has 1 amide bonds. The first-order valence-corrected chi connectivity index (χ1v) is 9.14. The van der Waals surface area contributed by atoms with Gasteiger partial charge in [0.05, 0.1) is 18.5 Å². The fourth-order valence-electron chi connectivity index (χ4n) is 3.20. The first-order valence-electron chi connectivity index (χ1n) is 9.14. The number of hydrogen-bond acceptors (Lipinski definition) is 4. The minimum absolute atomic E-state index is 0.205. The van der Waals surface area contributed by atoms with E-state index in [4.69, 9.17) is 9.25 Å². The van der Waals surface area contributed by atoms with Crippen LogP contribution in [0.5, 0.6) is 0 Å². The highest BCUT2D eigenvalue weighted by Crippen LogP contribution is 2.20. The maximum Gasteiger partial charge on any atom is 0.289 e. The minimum Gasteiger partial charge on any atom is -0.459 e. The molecule has 0 saturated carbocycles. The van der Waals surface area contributed by atoms with Gasteiger partial charge in [0.2, 0.25) is 0 Å². The predicted octanol–water partition coefficient (Wildman–Crippen LogP) is 4.39. The van der Waals surface area contributed by atoms with Crippen LogP contribution in [0.1, 0.15) is 28.1 Å². The number of benzene rings is 2. The molecular formula is C22H18F2N2O3. The van der Waals surface area contributed by atoms with E-state index < -0.39 is 0 Å². The molecule has 0 aliphatic carbocycles. The van der Waals surface area contributed by atoms with E-state index in [1.165, 1.54) is 30.5 Å². The predicted molar refractivity (Wildman–Crippen MR) is 102 cm³/mol. The molecule has 7 heteroatoms. The van der Waals surface area contributed by atoms with Gasteiger partial charge in [-0.2, -0.15) is 0 Å². The van der Waals surface area contributed by atoms with E-state index in [9.17, 15) is 13.6 Å². The lowest BCUT2D eigenvalue weighted by molar-refractivity contribution is 0.0387. The lowest BCUT2D eigenvalue weighted by Gasteiger charge is -2.24. The number of rotatable bonds is 6. The van der Waals surface area contributed by atoms with Crippen molar-refractivity contribution < 1.29 is 22.8 Å². The summed E-state index contributed by atoms with van der Waals surface area (Å²) in [6.45, 7) is 0.508. The van der Waals surface area contributed by atoms with Gasteiger partial charge in [-0.3, -0.25) is 4.79 Å². The highest BCUT2D eigenvalue weighted by atomic mass is 19.1. The maximum atomic E-state index is 13.5. The topological polar surface area (TPSA) is 55.0 Å². The third-order valence-electron chi connectivity index (χ3n) is 4.62. The Hall–Kier alpha value is -3.48. The van der Waals surface area contributed by atoms with Gasteiger partial charge < -0.3 is 14.2 Å². The summed E-state index contributed by atoms with van der Waals surface area (Å²) in [5.41, 5.74) is 2.05. The molecule has 1 atom stereocenters. The SMILES string of the molecule is O=C(c1ccco1)N(Cc1ccc(F)cc1)CC1CC(c2cccc(F)c2)=NO1. The van der Waals surface area contributed by atoms with Crippen LogP contribution in [-0.2, 0) is 11.4 Å². The van der Waals surface area contributed by atoms with E-state index in [1.54, 1.807) is 41.3 Å². The van der Waals surface area contributed by atoms with Crippen molar-refractivity contribution in [2.75, 3.05) is 6.54 Å². The van der Waals surface area contributed by atoms with Crippen LogP contribution in [0.15, 0.2) is 76.5 Å². The van der Waals surface area contributed by atoms with Gasteiger partial charge in [-0.25, -0.2) is 8.78 Å². The summed E-state index contributed by atoms with van der Waals surface area (Å²) in [7, 11) is 0. The Morgan fingerprint density at radius 2 is 1.90 bits per heavy atom. The molecule has 148 valence electrons. The second kappa shape index (κ2) is 8.26. The van der Waals surface area contributed by atoms with Crippen molar-refractivity contribution in [1.82, 2.24) is 4.90 Å². The van der Waals surface area contributed by atoms with Gasteiger partial charge in [-0.05, 0) is 42.0 Å². The second-order valence-corrected chi connectivity index (χ2v) is 6.77. The second-order valence-electron chi connectivity index (χ2n) is 6.77. The Morgan fingerprint density at radius 1 is 1.07 bits per heavy atom. The van der Waals surface area contributed by atoms with E-state index in [0.29, 0.717) is 17.7 Å². The van der Waals surface area contributed by atoms with Crippen molar-refractivity contribution in [3.63, 3.8) is 0 Å². The van der Waals surface area contributed by atoms with Crippen molar-refractivity contribution in [1.29, 1.82) is 0 Å². The highest BCUT2D eigenvalue weighted by Gasteiger charge is 2.28. The number of nitrogens with zero attached hydrogens (tertiary/aromatic N) is 2. The van der Waals surface area contributed by atoms with Gasteiger partial charge in [0.25, 0.3) is 5.91 Å². The van der Waals surface area contributed by atoms with E-state index in [-0.39, 0.29) is 42.5 Å². The van der Waals surface area contributed by atoms with Crippen LogP contribution in [-0.4, -0.2) is 29.2 Å². The molecule has 2 aromatic carbocycles. The zero-order valence-electron chi connectivity index (χ0n) is 15.4. The molecule has 5 nitrogen and oxygen atoms in total. The molecule has 0 radical (unpaired) electrons. The van der Waals surface area contributed by atoms with Gasteiger partial charge in [-0.15, -0.1) is 0 Å². The standard InChI is InChI=1S/C22H18F2N2O3/c23-17-8-6-15(7-9-17)13-26(22(27)21-5-2-10-28-21)14-19-12-20(25-29-19)16-3-1-4-18(24)11-16/h1-11,19H,12-14H2. The first kappa shape index (κ1) is 18.9. The average Bonchev–Trinajstić information content (AvgIpc) is 3.41. The molecule has 1 aliphatic rings. The third kappa shape index (κ3) is 4.51. The van der Waals surface area contributed by atoms with Crippen LogP contribution < -0.4 is 0 Å². The molecule has 29 heavy (non-hydrogen) atoms. The molecule has 0 spiro atoms. The van der Waals surface area contributed by atoms with Crippen LogP contribution in [0, 0.1) is 11.6 Å². The molecule has 0 bridgehead atoms. The largest absolute Gasteiger partial charge is 0.459 e. The summed E-state index contributed by atoms with van der Waals surface area (Å²) < 4.78 is 31.9. The van der Waals surface area contributed by atoms with Gasteiger partial charge in [0.1, 0.15) is 11.6 Å². The Kier molecular flexibility index (Phi) is 5.37. The van der Waals surface area contributed by atoms with E-state index in [2.05, 4.69) is 5.16 Å². The summed E-state index contributed by atoms with van der Waals surface area (Å²) in [5.74, 6) is -0.789. The van der Waals surface area contributed by atoms with Crippen molar-refractivity contribution in [2.45, 2.75) is 19.1 Å². The summed E-state index contributed by atoms with van der Waals surface area (Å²) >= 11 is 0. The molecule has 1 aromatic heterocycles. The van der Waals surface area contributed by atoms with E-state index in [1.807, 2.05) is 0 Å². The first-order chi connectivity index (χ1) is 14.1. The van der Waals surface area contributed by atoms with Crippen LogP contribution in [0.4, 0.5) is 8.78 Å². The molecule has 4 rings (SSSR count). The maximum absolute atomic E-state index is 13.5. The van der Waals surface area contributed by atoms with Crippen molar-refractivity contribution in [2.24, 2.45) is 5.16 Å². The lowest BCUT2D eigenvalue weighted by Crippen LogP contribution is -2.37. The van der Waals surface area contributed by atoms with Gasteiger partial charge in [0, 0.05) is 18.5 Å². The zero-order chi connectivity index (χ0) is 20.2. The number of amides is 1. The molecule has 0 fully saturated rings. The number of carbonyl (C=O) groups excluding carboxylic acids is 1. The molecule has 1 aliphatic heterocycles. The fraction of sp³-hybridized carbons (Fsp3) is 0.182. The van der Waals surface area contributed by atoms with Crippen molar-refractivity contribution in [3.8, 4) is 0 Å². The molecule has 0 saturated heterocycles. The van der Waals surface area contributed by atoms with Gasteiger partial charge in [-0.1, -0.05) is 29.4 Å². The summed E-state index contributed by atoms with van der Waals surface area (Å²) in [4.78, 5) is 19.9. The summed E-state index contributed by atoms with van der Waals surface area (Å²) in [6.07, 6.45) is 1.49. The molecule has 1 unspecified atom stereocenters. The Bertz CT molecular complexity index is 1020. The third-order valence-corrected chi connectivity index (χ3v) is 4.62. The smallest absolute Gasteiger partial charge is 0.289 e. The number of furan rings is 1. The quantitative estimate of drug-likeness (QED) is 0.621. The Morgan fingerprint density at radius 3 is 2.62 bits per heavy atom. The number of oxime groups is 1. The Labute approximate surface area is 166 Å². The summed E-state index contributed by atoms with van der Waals surface area (Å²) in [5, 5.41) is 4.06. The van der Waals surface area contributed by atoms with Crippen LogP contribution >= 0.6 is 0 Å².